The third-order valence-electron chi connectivity index (χ3n) is 7.27. The zero-order chi connectivity index (χ0) is 19.5. The van der Waals surface area contributed by atoms with E-state index in [0.717, 1.165) is 6.42 Å². The highest BCUT2D eigenvalue weighted by Crippen LogP contribution is 2.47. The summed E-state index contributed by atoms with van der Waals surface area (Å²) in [5, 5.41) is 8.24. The minimum Gasteiger partial charge on any atom is -0.357 e. The van der Waals surface area contributed by atoms with Gasteiger partial charge in [-0.1, -0.05) is 60.5 Å². The molecule has 0 bridgehead atoms. The SMILES string of the molecule is Cc1cc(C)c2[nH]c3c(c2c1)[C@@H]1CCC[C@@H]1N[C@H]3Cc1cccc2ccccc12. The van der Waals surface area contributed by atoms with Crippen molar-refractivity contribution in [2.75, 3.05) is 0 Å². The van der Waals surface area contributed by atoms with E-state index in [4.69, 9.17) is 0 Å². The van der Waals surface area contributed by atoms with Crippen LogP contribution in [0.1, 0.15) is 59.2 Å². The summed E-state index contributed by atoms with van der Waals surface area (Å²) >= 11 is 0. The molecule has 3 aromatic carbocycles. The van der Waals surface area contributed by atoms with Crippen molar-refractivity contribution in [2.45, 2.75) is 57.5 Å². The fourth-order valence-corrected chi connectivity index (χ4v) is 6.07. The van der Waals surface area contributed by atoms with Gasteiger partial charge in [-0.3, -0.25) is 0 Å². The maximum atomic E-state index is 4.05. The molecule has 0 amide bonds. The molecule has 6 rings (SSSR count). The smallest absolute Gasteiger partial charge is 0.0519 e. The highest BCUT2D eigenvalue weighted by Gasteiger charge is 2.39. The molecule has 0 radical (unpaired) electrons. The van der Waals surface area contributed by atoms with Gasteiger partial charge in [-0.25, -0.2) is 0 Å². The first-order valence-corrected chi connectivity index (χ1v) is 11.0. The summed E-state index contributed by atoms with van der Waals surface area (Å²) in [6, 6.07) is 21.2. The Hall–Kier alpha value is -2.58. The Kier molecular flexibility index (Phi) is 3.86. The van der Waals surface area contributed by atoms with Crippen LogP contribution in [0.25, 0.3) is 21.7 Å². The Morgan fingerprint density at radius 1 is 0.931 bits per heavy atom. The van der Waals surface area contributed by atoms with Gasteiger partial charge in [-0.2, -0.15) is 0 Å². The van der Waals surface area contributed by atoms with Gasteiger partial charge in [-0.15, -0.1) is 0 Å². The van der Waals surface area contributed by atoms with Gasteiger partial charge < -0.3 is 10.3 Å². The van der Waals surface area contributed by atoms with Crippen LogP contribution in [0.15, 0.2) is 54.6 Å². The summed E-state index contributed by atoms with van der Waals surface area (Å²) in [7, 11) is 0. The largest absolute Gasteiger partial charge is 0.357 e. The molecule has 1 aliphatic heterocycles. The van der Waals surface area contributed by atoms with E-state index in [1.54, 1.807) is 5.56 Å². The Labute approximate surface area is 172 Å². The molecule has 0 spiro atoms. The number of hydrogen-bond donors (Lipinski definition) is 2. The van der Waals surface area contributed by atoms with Gasteiger partial charge in [0.25, 0.3) is 0 Å². The maximum Gasteiger partial charge on any atom is 0.0519 e. The molecule has 3 atom stereocenters. The number of rotatable bonds is 2. The Morgan fingerprint density at radius 3 is 2.72 bits per heavy atom. The molecule has 0 unspecified atom stereocenters. The van der Waals surface area contributed by atoms with Crippen molar-refractivity contribution >= 4 is 21.7 Å². The predicted molar refractivity (Wildman–Crippen MR) is 122 cm³/mol. The number of benzene rings is 3. The Balaban J connectivity index is 1.52. The second-order valence-corrected chi connectivity index (χ2v) is 9.16. The predicted octanol–water partition coefficient (Wildman–Crippen LogP) is 6.46. The third kappa shape index (κ3) is 2.66. The molecule has 1 saturated carbocycles. The second kappa shape index (κ2) is 6.47. The van der Waals surface area contributed by atoms with Crippen LogP contribution >= 0.6 is 0 Å². The van der Waals surface area contributed by atoms with Crippen molar-refractivity contribution in [1.82, 2.24) is 10.3 Å². The van der Waals surface area contributed by atoms with Crippen LogP contribution in [-0.2, 0) is 6.42 Å². The van der Waals surface area contributed by atoms with E-state index >= 15 is 0 Å². The summed E-state index contributed by atoms with van der Waals surface area (Å²) in [4.78, 5) is 3.88. The normalized spacial score (nSPS) is 23.4. The summed E-state index contributed by atoms with van der Waals surface area (Å²) in [5.41, 5.74) is 8.57. The number of H-pyrrole nitrogens is 1. The van der Waals surface area contributed by atoms with Gasteiger partial charge in [0.2, 0.25) is 0 Å². The number of hydrogen-bond acceptors (Lipinski definition) is 1. The number of nitrogens with one attached hydrogen (secondary N) is 2. The monoisotopic (exact) mass is 380 g/mol. The third-order valence-corrected chi connectivity index (χ3v) is 7.27. The molecule has 2 nitrogen and oxygen atoms in total. The van der Waals surface area contributed by atoms with Gasteiger partial charge in [0.1, 0.15) is 0 Å². The zero-order valence-corrected chi connectivity index (χ0v) is 17.3. The molecule has 146 valence electrons. The molecule has 1 aliphatic carbocycles. The average Bonchev–Trinajstić information content (AvgIpc) is 3.33. The lowest BCUT2D eigenvalue weighted by Crippen LogP contribution is -2.40. The van der Waals surface area contributed by atoms with Crippen molar-refractivity contribution < 1.29 is 0 Å². The summed E-state index contributed by atoms with van der Waals surface area (Å²) < 4.78 is 0. The van der Waals surface area contributed by atoms with Crippen LogP contribution in [0.2, 0.25) is 0 Å². The van der Waals surface area contributed by atoms with Crippen molar-refractivity contribution in [1.29, 1.82) is 0 Å². The molecular weight excluding hydrogens is 352 g/mol. The van der Waals surface area contributed by atoms with Crippen LogP contribution < -0.4 is 5.32 Å². The summed E-state index contributed by atoms with van der Waals surface area (Å²) in [6.07, 6.45) is 4.97. The quantitative estimate of drug-likeness (QED) is 0.410. The van der Waals surface area contributed by atoms with Crippen LogP contribution in [0.4, 0.5) is 0 Å². The molecular formula is C27H28N2. The fourth-order valence-electron chi connectivity index (χ4n) is 6.07. The lowest BCUT2D eigenvalue weighted by molar-refractivity contribution is 0.374. The van der Waals surface area contributed by atoms with Gasteiger partial charge in [0, 0.05) is 28.6 Å². The standard InChI is InChI=1S/C27H28N2/c1-16-13-17(2)26-22(14-16)25-21-11-6-12-23(21)28-24(27(25)29-26)15-19-9-5-8-18-7-3-4-10-20(18)19/h3-5,7-10,13-14,21,23-24,28-29H,6,11-12,15H2,1-2H3/t21-,23+,24+/m1/s1. The summed E-state index contributed by atoms with van der Waals surface area (Å²) in [6.45, 7) is 4.48. The fraction of sp³-hybridized carbons (Fsp3) is 0.333. The molecule has 0 saturated heterocycles. The average molecular weight is 381 g/mol. The minimum absolute atomic E-state index is 0.349. The molecule has 2 heteroatoms. The molecule has 1 aromatic heterocycles. The van der Waals surface area contributed by atoms with Gasteiger partial charge in [0.05, 0.1) is 6.04 Å². The maximum absolute atomic E-state index is 4.05. The Morgan fingerprint density at radius 2 is 1.79 bits per heavy atom. The highest BCUT2D eigenvalue weighted by molar-refractivity contribution is 5.89. The lowest BCUT2D eigenvalue weighted by Gasteiger charge is -2.34. The molecule has 2 aliphatic rings. The van der Waals surface area contributed by atoms with Gasteiger partial charge >= 0.3 is 0 Å². The van der Waals surface area contributed by atoms with E-state index < -0.39 is 0 Å². The van der Waals surface area contributed by atoms with E-state index in [9.17, 15) is 0 Å². The van der Waals surface area contributed by atoms with Crippen molar-refractivity contribution in [3.05, 3.63) is 82.5 Å². The number of aromatic nitrogens is 1. The van der Waals surface area contributed by atoms with Crippen molar-refractivity contribution in [2.24, 2.45) is 0 Å². The van der Waals surface area contributed by atoms with E-state index in [1.165, 1.54) is 63.3 Å². The highest BCUT2D eigenvalue weighted by atomic mass is 15.0. The van der Waals surface area contributed by atoms with Gasteiger partial charge in [-0.05, 0) is 66.6 Å². The first kappa shape index (κ1) is 17.3. The van der Waals surface area contributed by atoms with Crippen molar-refractivity contribution in [3.63, 3.8) is 0 Å². The molecule has 2 N–H and O–H groups in total. The molecule has 4 aromatic rings. The van der Waals surface area contributed by atoms with Gasteiger partial charge in [0.15, 0.2) is 0 Å². The molecule has 1 fully saturated rings. The first-order valence-electron chi connectivity index (χ1n) is 11.0. The topological polar surface area (TPSA) is 27.8 Å². The first-order chi connectivity index (χ1) is 14.2. The van der Waals surface area contributed by atoms with Crippen molar-refractivity contribution in [3.8, 4) is 0 Å². The minimum atomic E-state index is 0.349. The van der Waals surface area contributed by atoms with Crippen LogP contribution in [-0.4, -0.2) is 11.0 Å². The van der Waals surface area contributed by atoms with E-state index in [-0.39, 0.29) is 0 Å². The number of aromatic amines is 1. The Bertz CT molecular complexity index is 1230. The van der Waals surface area contributed by atoms with Crippen LogP contribution in [0.5, 0.6) is 0 Å². The second-order valence-electron chi connectivity index (χ2n) is 9.16. The number of fused-ring (bicyclic) bond motifs is 6. The van der Waals surface area contributed by atoms with E-state index in [1.807, 2.05) is 0 Å². The summed E-state index contributed by atoms with van der Waals surface area (Å²) in [5.74, 6) is 0.656. The van der Waals surface area contributed by atoms with E-state index in [0.29, 0.717) is 18.0 Å². The van der Waals surface area contributed by atoms with E-state index in [2.05, 4.69) is 78.7 Å². The van der Waals surface area contributed by atoms with Crippen LogP contribution in [0, 0.1) is 13.8 Å². The molecule has 2 heterocycles. The lowest BCUT2D eigenvalue weighted by atomic mass is 9.83. The zero-order valence-electron chi connectivity index (χ0n) is 17.3. The molecule has 29 heavy (non-hydrogen) atoms. The van der Waals surface area contributed by atoms with Crippen LogP contribution in [0.3, 0.4) is 0 Å². The number of aryl methyl sites for hydroxylation is 2.